The molecule has 35 heavy (non-hydrogen) atoms. The molecule has 0 spiro atoms. The molecule has 1 amide bonds. The molecule has 2 atom stereocenters. The molecule has 0 bridgehead atoms. The number of hydroxylamine groups is 1. The second-order valence-corrected chi connectivity index (χ2v) is 10.0. The maximum Gasteiger partial charge on any atom is 0.210 e. The molecule has 7 heteroatoms. The van der Waals surface area contributed by atoms with Crippen molar-refractivity contribution in [3.8, 4) is 0 Å². The Balaban J connectivity index is 1.35. The lowest BCUT2D eigenvalue weighted by atomic mass is 9.91. The van der Waals surface area contributed by atoms with Crippen LogP contribution in [0.5, 0.6) is 0 Å². The van der Waals surface area contributed by atoms with Gasteiger partial charge < -0.3 is 19.1 Å². The Morgan fingerprint density at radius 2 is 1.91 bits per heavy atom. The van der Waals surface area contributed by atoms with Crippen LogP contribution in [-0.2, 0) is 34.0 Å². The Hall–Kier alpha value is -2.71. The molecule has 3 aromatic rings. The number of benzene rings is 2. The van der Waals surface area contributed by atoms with E-state index >= 15 is 0 Å². The van der Waals surface area contributed by atoms with Crippen LogP contribution in [0.3, 0.4) is 0 Å². The van der Waals surface area contributed by atoms with Crippen molar-refractivity contribution >= 4 is 17.3 Å². The van der Waals surface area contributed by atoms with Crippen molar-refractivity contribution < 1.29 is 14.4 Å². The molecule has 5 rings (SSSR count). The highest BCUT2D eigenvalue weighted by molar-refractivity contribution is 5.87. The molecule has 0 saturated carbocycles. The monoisotopic (exact) mass is 476 g/mol. The van der Waals surface area contributed by atoms with E-state index in [0.717, 1.165) is 51.9 Å². The minimum Gasteiger partial charge on any atom is -0.351 e. The topological polar surface area (TPSA) is 59.0 Å². The third-order valence-corrected chi connectivity index (χ3v) is 7.06. The number of nitrogens with one attached hydrogen (secondary N) is 1. The molecule has 2 aromatic carbocycles. The van der Waals surface area contributed by atoms with Gasteiger partial charge in [0.05, 0.1) is 6.54 Å². The Kier molecular flexibility index (Phi) is 7.48. The van der Waals surface area contributed by atoms with Crippen LogP contribution in [0.4, 0.5) is 0 Å². The van der Waals surface area contributed by atoms with E-state index in [1.54, 1.807) is 0 Å². The summed E-state index contributed by atoms with van der Waals surface area (Å²) < 4.78 is 8.01. The van der Waals surface area contributed by atoms with Gasteiger partial charge in [0, 0.05) is 61.7 Å². The van der Waals surface area contributed by atoms with Crippen molar-refractivity contribution in [3.05, 3.63) is 70.9 Å². The number of carbonyl (C=O) groups is 1. The smallest absolute Gasteiger partial charge is 0.210 e. The first-order valence-corrected chi connectivity index (χ1v) is 12.6. The molecular formula is C28H36N4O3. The van der Waals surface area contributed by atoms with Crippen molar-refractivity contribution in [3.63, 3.8) is 0 Å². The van der Waals surface area contributed by atoms with Crippen molar-refractivity contribution in [2.75, 3.05) is 33.8 Å². The van der Waals surface area contributed by atoms with Crippen molar-refractivity contribution in [2.24, 2.45) is 0 Å². The normalized spacial score (nSPS) is 20.4. The number of carbonyl (C=O) groups excluding carboxylic acids is 1. The summed E-state index contributed by atoms with van der Waals surface area (Å²) in [5.74, 6) is 0.298. The van der Waals surface area contributed by atoms with Crippen molar-refractivity contribution in [2.45, 2.75) is 51.1 Å². The maximum atomic E-state index is 11.8. The predicted molar refractivity (Wildman–Crippen MR) is 137 cm³/mol. The fourth-order valence-electron chi connectivity index (χ4n) is 5.46. The quantitative estimate of drug-likeness (QED) is 0.376. The van der Waals surface area contributed by atoms with Crippen LogP contribution in [0.2, 0.25) is 0 Å². The van der Waals surface area contributed by atoms with Crippen molar-refractivity contribution in [1.29, 1.82) is 0 Å². The summed E-state index contributed by atoms with van der Waals surface area (Å²) >= 11 is 0. The molecule has 186 valence electrons. The first-order valence-electron chi connectivity index (χ1n) is 12.6. The van der Waals surface area contributed by atoms with Crippen LogP contribution >= 0.6 is 0 Å². The summed E-state index contributed by atoms with van der Waals surface area (Å²) in [5.41, 5.74) is 9.35. The number of amides is 1. The van der Waals surface area contributed by atoms with E-state index < -0.39 is 0 Å². The van der Waals surface area contributed by atoms with E-state index in [9.17, 15) is 4.79 Å². The summed E-state index contributed by atoms with van der Waals surface area (Å²) in [4.78, 5) is 21.6. The van der Waals surface area contributed by atoms with Crippen LogP contribution < -0.4 is 5.48 Å². The number of rotatable bonds is 9. The van der Waals surface area contributed by atoms with Crippen LogP contribution in [-0.4, -0.2) is 60.9 Å². The van der Waals surface area contributed by atoms with Gasteiger partial charge in [-0.2, -0.15) is 5.48 Å². The van der Waals surface area contributed by atoms with Crippen LogP contribution in [0, 0.1) is 0 Å². The second-order valence-electron chi connectivity index (χ2n) is 10.0. The molecule has 1 fully saturated rings. The molecule has 0 aliphatic carbocycles. The number of nitrogens with zero attached hydrogens (tertiary/aromatic N) is 3. The molecule has 2 aliphatic heterocycles. The molecule has 1 N–H and O–H groups in total. The van der Waals surface area contributed by atoms with E-state index in [2.05, 4.69) is 77.6 Å². The third-order valence-electron chi connectivity index (χ3n) is 7.06. The Morgan fingerprint density at radius 3 is 2.66 bits per heavy atom. The zero-order valence-corrected chi connectivity index (χ0v) is 20.8. The maximum absolute atomic E-state index is 11.8. The Bertz CT molecular complexity index is 1140. The molecule has 2 aliphatic rings. The number of hydrogen-bond donors (Lipinski definition) is 1. The third kappa shape index (κ3) is 5.43. The number of likely N-dealkylation sites (N-methyl/N-ethyl adjacent to an activating group) is 1. The van der Waals surface area contributed by atoms with Gasteiger partial charge in [0.15, 0.2) is 6.29 Å². The standard InChI is InChI=1S/C28H36N4O3/c1-30(2)17-23-18-31(20-33)19-26-28(23)24-7-3-4-8-25(24)32(26)16-22-12-10-21(11-13-22)15-29-35-27-9-5-6-14-34-27/h3-4,7-8,10-13,20,23,27,29H,5-6,9,14-19H2,1-2H3. The minimum absolute atomic E-state index is 0.140. The molecule has 1 aromatic heterocycles. The van der Waals surface area contributed by atoms with Crippen molar-refractivity contribution in [1.82, 2.24) is 19.8 Å². The number of fused-ring (bicyclic) bond motifs is 3. The lowest BCUT2D eigenvalue weighted by molar-refractivity contribution is -0.198. The highest BCUT2D eigenvalue weighted by Gasteiger charge is 2.31. The van der Waals surface area contributed by atoms with E-state index in [4.69, 9.17) is 9.57 Å². The van der Waals surface area contributed by atoms with Gasteiger partial charge in [-0.3, -0.25) is 9.63 Å². The van der Waals surface area contributed by atoms with E-state index in [1.165, 1.54) is 33.3 Å². The first kappa shape index (κ1) is 24.0. The van der Waals surface area contributed by atoms with Gasteiger partial charge in [0.2, 0.25) is 6.41 Å². The summed E-state index contributed by atoms with van der Waals surface area (Å²) in [5, 5.41) is 1.31. The molecule has 7 nitrogen and oxygen atoms in total. The zero-order chi connectivity index (χ0) is 24.2. The molecule has 1 saturated heterocycles. The molecule has 2 unspecified atom stereocenters. The fourth-order valence-corrected chi connectivity index (χ4v) is 5.46. The van der Waals surface area contributed by atoms with Gasteiger partial charge >= 0.3 is 0 Å². The molecular weight excluding hydrogens is 440 g/mol. The fraction of sp³-hybridized carbons (Fsp3) is 0.464. The average molecular weight is 477 g/mol. The lowest BCUT2D eigenvalue weighted by Crippen LogP contribution is -2.37. The van der Waals surface area contributed by atoms with E-state index in [0.29, 0.717) is 19.0 Å². The van der Waals surface area contributed by atoms with Gasteiger partial charge in [-0.15, -0.1) is 0 Å². The second kappa shape index (κ2) is 10.9. The lowest BCUT2D eigenvalue weighted by Gasteiger charge is -2.33. The van der Waals surface area contributed by atoms with Crippen LogP contribution in [0.15, 0.2) is 48.5 Å². The van der Waals surface area contributed by atoms with E-state index in [-0.39, 0.29) is 6.29 Å². The van der Waals surface area contributed by atoms with Crippen LogP contribution in [0.1, 0.15) is 47.6 Å². The van der Waals surface area contributed by atoms with E-state index in [1.807, 2.05) is 4.90 Å². The average Bonchev–Trinajstić information content (AvgIpc) is 3.19. The van der Waals surface area contributed by atoms with Gasteiger partial charge in [0.1, 0.15) is 0 Å². The molecule has 3 heterocycles. The summed E-state index contributed by atoms with van der Waals surface area (Å²) in [6.45, 7) is 4.53. The number of aromatic nitrogens is 1. The highest BCUT2D eigenvalue weighted by Crippen LogP contribution is 2.37. The highest BCUT2D eigenvalue weighted by atomic mass is 16.8. The number of para-hydroxylation sites is 1. The Labute approximate surface area is 207 Å². The largest absolute Gasteiger partial charge is 0.351 e. The minimum atomic E-state index is -0.140. The van der Waals surface area contributed by atoms with Gasteiger partial charge in [-0.05, 0) is 49.7 Å². The van der Waals surface area contributed by atoms with Crippen LogP contribution in [0.25, 0.3) is 10.9 Å². The predicted octanol–water partition coefficient (Wildman–Crippen LogP) is 3.85. The summed E-state index contributed by atoms with van der Waals surface area (Å²) in [6.07, 6.45) is 4.07. The summed E-state index contributed by atoms with van der Waals surface area (Å²) in [6, 6.07) is 17.3. The number of ether oxygens (including phenoxy) is 1. The van der Waals surface area contributed by atoms with Gasteiger partial charge in [0.25, 0.3) is 0 Å². The molecule has 0 radical (unpaired) electrons. The van der Waals surface area contributed by atoms with Gasteiger partial charge in [-0.25, -0.2) is 0 Å². The SMILES string of the molecule is CN(C)CC1CN(C=O)Cc2c1c1ccccc1n2Cc1ccc(CNOC2CCCCO2)cc1. The first-order chi connectivity index (χ1) is 17.1. The van der Waals surface area contributed by atoms with Gasteiger partial charge in [-0.1, -0.05) is 42.5 Å². The summed E-state index contributed by atoms with van der Waals surface area (Å²) in [7, 11) is 4.20. The zero-order valence-electron chi connectivity index (χ0n) is 20.8. The Morgan fingerprint density at radius 1 is 1.11 bits per heavy atom. The number of hydrogen-bond acceptors (Lipinski definition) is 5.